The molecule has 4 atom stereocenters. The molecule has 5 rings (SSSR count). The molecule has 0 aromatic heterocycles. The molecule has 2 aromatic rings. The van der Waals surface area contributed by atoms with Crippen molar-refractivity contribution in [3.05, 3.63) is 70.8 Å². The van der Waals surface area contributed by atoms with Gasteiger partial charge in [0.1, 0.15) is 23.4 Å². The lowest BCUT2D eigenvalue weighted by Crippen LogP contribution is -2.57. The number of ketones is 1. The van der Waals surface area contributed by atoms with Gasteiger partial charge in [-0.15, -0.1) is 0 Å². The average molecular weight is 602 g/mol. The number of nitrogens with one attached hydrogen (secondary N) is 3. The van der Waals surface area contributed by atoms with E-state index in [1.807, 2.05) is 43.3 Å². The van der Waals surface area contributed by atoms with E-state index in [4.69, 9.17) is 9.47 Å². The predicted molar refractivity (Wildman–Crippen MR) is 167 cm³/mol. The van der Waals surface area contributed by atoms with Gasteiger partial charge in [-0.2, -0.15) is 0 Å². The maximum absolute atomic E-state index is 13.8. The Morgan fingerprint density at radius 1 is 0.955 bits per heavy atom. The van der Waals surface area contributed by atoms with Gasteiger partial charge in [0.05, 0.1) is 19.8 Å². The van der Waals surface area contributed by atoms with Crippen molar-refractivity contribution < 1.29 is 28.7 Å². The van der Waals surface area contributed by atoms with Crippen LogP contribution in [0.15, 0.2) is 54.1 Å². The zero-order valence-corrected chi connectivity index (χ0v) is 26.0. The Hall–Kier alpha value is -3.98. The molecule has 2 aromatic carbocycles. The van der Waals surface area contributed by atoms with E-state index in [0.717, 1.165) is 47.9 Å². The second-order valence-corrected chi connectivity index (χ2v) is 12.6. The zero-order chi connectivity index (χ0) is 31.4. The van der Waals surface area contributed by atoms with E-state index in [2.05, 4.69) is 16.0 Å². The van der Waals surface area contributed by atoms with Crippen LogP contribution >= 0.6 is 0 Å². The van der Waals surface area contributed by atoms with E-state index in [1.165, 1.54) is 0 Å². The molecular weight excluding hydrogens is 558 g/mol. The molecule has 44 heavy (non-hydrogen) atoms. The molecule has 2 aliphatic carbocycles. The van der Waals surface area contributed by atoms with Gasteiger partial charge in [0.2, 0.25) is 17.7 Å². The van der Waals surface area contributed by atoms with Gasteiger partial charge in [0, 0.05) is 18.4 Å². The second-order valence-electron chi connectivity index (χ2n) is 12.6. The third-order valence-electron chi connectivity index (χ3n) is 9.26. The molecule has 1 saturated heterocycles. The quantitative estimate of drug-likeness (QED) is 0.301. The van der Waals surface area contributed by atoms with Crippen LogP contribution in [0.1, 0.15) is 69.6 Å². The minimum atomic E-state index is -0.973. The average Bonchev–Trinajstić information content (AvgIpc) is 3.40. The summed E-state index contributed by atoms with van der Waals surface area (Å²) in [5, 5.41) is 8.65. The van der Waals surface area contributed by atoms with Crippen LogP contribution in [-0.4, -0.2) is 60.9 Å². The maximum Gasteiger partial charge on any atom is 0.248 e. The second kappa shape index (κ2) is 13.3. The number of ether oxygens (including phenoxy) is 2. The minimum Gasteiger partial charge on any atom is -0.497 e. The van der Waals surface area contributed by atoms with Crippen molar-refractivity contribution in [1.82, 2.24) is 16.0 Å². The van der Waals surface area contributed by atoms with Crippen LogP contribution in [0, 0.1) is 5.92 Å². The molecule has 3 N–H and O–H groups in total. The molecule has 1 saturated carbocycles. The number of hydrogen-bond donors (Lipinski definition) is 3. The minimum absolute atomic E-state index is 0.130. The lowest BCUT2D eigenvalue weighted by molar-refractivity contribution is -0.134. The molecule has 0 bridgehead atoms. The summed E-state index contributed by atoms with van der Waals surface area (Å²) in [5.74, 6) is -0.342. The largest absolute Gasteiger partial charge is 0.497 e. The van der Waals surface area contributed by atoms with Crippen molar-refractivity contribution in [2.24, 2.45) is 5.92 Å². The molecule has 234 valence electrons. The Morgan fingerprint density at radius 3 is 2.25 bits per heavy atom. The van der Waals surface area contributed by atoms with Crippen molar-refractivity contribution in [3.63, 3.8) is 0 Å². The summed E-state index contributed by atoms with van der Waals surface area (Å²) in [5.41, 5.74) is 3.57. The van der Waals surface area contributed by atoms with E-state index in [-0.39, 0.29) is 18.1 Å². The number of rotatable bonds is 13. The molecule has 9 nitrogen and oxygen atoms in total. The number of benzene rings is 2. The highest BCUT2D eigenvalue weighted by Crippen LogP contribution is 2.34. The van der Waals surface area contributed by atoms with Gasteiger partial charge in [-0.05, 0) is 67.5 Å². The zero-order valence-electron chi connectivity index (χ0n) is 26.0. The number of carbonyl (C=O) groups is 4. The van der Waals surface area contributed by atoms with E-state index in [0.29, 0.717) is 36.7 Å². The number of fused-ring (bicyclic) bond motifs is 1. The number of amides is 3. The van der Waals surface area contributed by atoms with Crippen molar-refractivity contribution in [3.8, 4) is 5.75 Å². The molecule has 0 unspecified atom stereocenters. The lowest BCUT2D eigenvalue weighted by atomic mass is 9.90. The smallest absolute Gasteiger partial charge is 0.248 e. The summed E-state index contributed by atoms with van der Waals surface area (Å²) in [6.45, 7) is 5.61. The van der Waals surface area contributed by atoms with Crippen LogP contribution < -0.4 is 20.7 Å². The molecular formula is C35H43N3O6. The van der Waals surface area contributed by atoms with Gasteiger partial charge in [0.25, 0.3) is 0 Å². The summed E-state index contributed by atoms with van der Waals surface area (Å²) < 4.78 is 10.7. The van der Waals surface area contributed by atoms with Crippen LogP contribution in [0.4, 0.5) is 0 Å². The predicted octanol–water partition coefficient (Wildman–Crippen LogP) is 3.68. The molecule has 2 fully saturated rings. The summed E-state index contributed by atoms with van der Waals surface area (Å²) in [4.78, 5) is 53.9. The summed E-state index contributed by atoms with van der Waals surface area (Å²) in [6, 6.07) is 12.6. The Bertz CT molecular complexity index is 1440. The van der Waals surface area contributed by atoms with Crippen LogP contribution in [0.25, 0.3) is 5.57 Å². The fourth-order valence-corrected chi connectivity index (χ4v) is 6.33. The van der Waals surface area contributed by atoms with E-state index < -0.39 is 35.5 Å². The summed E-state index contributed by atoms with van der Waals surface area (Å²) in [6.07, 6.45) is 5.55. The number of methoxy groups -OCH3 is 1. The molecule has 0 spiro atoms. The highest BCUT2D eigenvalue weighted by atomic mass is 16.6. The lowest BCUT2D eigenvalue weighted by Gasteiger charge is -2.26. The number of Topliss-reactive ketones (excluding diaryl/α,β-unsaturated/α-hetero) is 1. The fourth-order valence-electron chi connectivity index (χ4n) is 6.33. The first-order chi connectivity index (χ1) is 21.1. The van der Waals surface area contributed by atoms with Gasteiger partial charge < -0.3 is 25.4 Å². The third-order valence-corrected chi connectivity index (χ3v) is 9.26. The number of hydrogen-bond acceptors (Lipinski definition) is 6. The van der Waals surface area contributed by atoms with Crippen molar-refractivity contribution in [1.29, 1.82) is 0 Å². The Kier molecular flexibility index (Phi) is 9.53. The van der Waals surface area contributed by atoms with E-state index in [1.54, 1.807) is 33.1 Å². The molecule has 9 heteroatoms. The normalized spacial score (nSPS) is 21.2. The Morgan fingerprint density at radius 2 is 1.61 bits per heavy atom. The monoisotopic (exact) mass is 601 g/mol. The topological polar surface area (TPSA) is 126 Å². The van der Waals surface area contributed by atoms with Crippen molar-refractivity contribution >= 4 is 29.1 Å². The van der Waals surface area contributed by atoms with Gasteiger partial charge in [-0.25, -0.2) is 0 Å². The first-order valence-electron chi connectivity index (χ1n) is 15.6. The fraction of sp³-hybridized carbons (Fsp3) is 0.486. The molecule has 1 heterocycles. The number of allylic oxidation sites excluding steroid dienone is 1. The van der Waals surface area contributed by atoms with Crippen LogP contribution in [0.5, 0.6) is 5.75 Å². The van der Waals surface area contributed by atoms with E-state index in [9.17, 15) is 19.2 Å². The third kappa shape index (κ3) is 7.21. The Balaban J connectivity index is 1.29. The van der Waals surface area contributed by atoms with Gasteiger partial charge >= 0.3 is 0 Å². The van der Waals surface area contributed by atoms with Crippen molar-refractivity contribution in [2.75, 3.05) is 13.7 Å². The van der Waals surface area contributed by atoms with E-state index >= 15 is 0 Å². The molecule has 0 radical (unpaired) electrons. The van der Waals surface area contributed by atoms with Gasteiger partial charge in [0.15, 0.2) is 5.78 Å². The first-order valence-corrected chi connectivity index (χ1v) is 15.6. The maximum atomic E-state index is 13.8. The van der Waals surface area contributed by atoms with Gasteiger partial charge in [-0.1, -0.05) is 62.1 Å². The SMILES string of the molecule is COc1ccc(C[C@H](NC(=O)[C@@H](C)NC(=O)C2=C(C)c3ccccc3C2)C(=O)N[C@@H](CC2CCCC2)C(=O)[C@@]2(C)CO2)cc1. The summed E-state index contributed by atoms with van der Waals surface area (Å²) in [7, 11) is 1.58. The Labute approximate surface area is 259 Å². The summed E-state index contributed by atoms with van der Waals surface area (Å²) >= 11 is 0. The first kappa shape index (κ1) is 31.4. The number of epoxide rings is 1. The highest BCUT2D eigenvalue weighted by molar-refractivity contribution is 6.05. The van der Waals surface area contributed by atoms with Crippen LogP contribution in [-0.2, 0) is 36.8 Å². The number of carbonyl (C=O) groups excluding carboxylic acids is 4. The van der Waals surface area contributed by atoms with Crippen LogP contribution in [0.3, 0.4) is 0 Å². The highest BCUT2D eigenvalue weighted by Gasteiger charge is 2.50. The standard InChI is InChI=1S/C35H43N3O6/c1-21-27-12-8-7-11-25(27)19-28(21)33(41)36-22(2)32(40)38-30(18-24-13-15-26(43-4)16-14-24)34(42)37-29(17-23-9-5-6-10-23)31(39)35(3)20-44-35/h7-8,11-16,22-23,29-30H,5-6,9-10,17-20H2,1-4H3,(H,36,41)(H,37,42)(H,38,40)/t22-,29+,30+,35-/m1/s1. The molecule has 3 aliphatic rings. The van der Waals surface area contributed by atoms with Crippen LogP contribution in [0.2, 0.25) is 0 Å². The molecule has 3 amide bonds. The van der Waals surface area contributed by atoms with Crippen molar-refractivity contribution in [2.45, 2.75) is 89.4 Å². The molecule has 1 aliphatic heterocycles. The van der Waals surface area contributed by atoms with Gasteiger partial charge in [-0.3, -0.25) is 19.2 Å².